The summed E-state index contributed by atoms with van der Waals surface area (Å²) in [6.45, 7) is 14.6. The van der Waals surface area contributed by atoms with E-state index in [0.717, 1.165) is 30.0 Å². The maximum Gasteiger partial charge on any atom is 0.192 e. The number of carbonyl (C=O) groups excluding carboxylic acids is 1. The van der Waals surface area contributed by atoms with Crippen molar-refractivity contribution >= 4 is 31.4 Å². The summed E-state index contributed by atoms with van der Waals surface area (Å²) in [5.74, 6) is 0.113. The highest BCUT2D eigenvalue weighted by Crippen LogP contribution is 2.40. The van der Waals surface area contributed by atoms with Crippen LogP contribution in [0.15, 0.2) is 42.5 Å². The summed E-state index contributed by atoms with van der Waals surface area (Å²) < 4.78 is 6.68. The van der Waals surface area contributed by atoms with Gasteiger partial charge in [0.1, 0.15) is 0 Å². The van der Waals surface area contributed by atoms with Gasteiger partial charge in [0.15, 0.2) is 14.1 Å². The summed E-state index contributed by atoms with van der Waals surface area (Å²) >= 11 is 6.36. The molecule has 162 valence electrons. The Labute approximate surface area is 187 Å². The molecule has 3 rings (SSSR count). The predicted octanol–water partition coefficient (Wildman–Crippen LogP) is 7.06. The Kier molecular flexibility index (Phi) is 6.80. The molecule has 2 aromatic carbocycles. The minimum Gasteiger partial charge on any atom is -0.414 e. The quantitative estimate of drug-likeness (QED) is 0.353. The maximum absolute atomic E-state index is 11.9. The molecule has 0 aromatic heterocycles. The van der Waals surface area contributed by atoms with Crippen LogP contribution in [-0.2, 0) is 10.8 Å². The molecule has 0 bridgehead atoms. The van der Waals surface area contributed by atoms with E-state index in [2.05, 4.69) is 63.0 Å². The molecule has 0 saturated carbocycles. The van der Waals surface area contributed by atoms with Gasteiger partial charge in [-0.3, -0.25) is 4.79 Å². The number of aryl methyl sites for hydroxylation is 1. The van der Waals surface area contributed by atoms with E-state index in [4.69, 9.17) is 16.0 Å². The molecule has 1 unspecified atom stereocenters. The molecule has 2 aromatic rings. The second-order valence-corrected chi connectivity index (χ2v) is 15.1. The average molecular weight is 444 g/mol. The summed E-state index contributed by atoms with van der Waals surface area (Å²) in [4.78, 5) is 14.3. The van der Waals surface area contributed by atoms with Gasteiger partial charge in [0.25, 0.3) is 0 Å². The lowest BCUT2D eigenvalue weighted by atomic mass is 9.95. The molecule has 0 radical (unpaired) electrons. The number of hydrogen-bond acceptors (Lipinski definition) is 3. The Balaban J connectivity index is 1.98. The molecule has 1 atom stereocenters. The Morgan fingerprint density at radius 1 is 1.20 bits per heavy atom. The van der Waals surface area contributed by atoms with Gasteiger partial charge < -0.3 is 9.33 Å². The molecule has 3 nitrogen and oxygen atoms in total. The van der Waals surface area contributed by atoms with Crippen LogP contribution in [-0.4, -0.2) is 27.3 Å². The molecule has 1 heterocycles. The molecule has 0 saturated heterocycles. The largest absolute Gasteiger partial charge is 0.414 e. The number of fused-ring (bicyclic) bond motifs is 1. The van der Waals surface area contributed by atoms with Gasteiger partial charge in [0, 0.05) is 22.8 Å². The van der Waals surface area contributed by atoms with Crippen molar-refractivity contribution in [2.75, 3.05) is 18.1 Å². The minimum absolute atomic E-state index is 0.0834. The molecule has 0 aliphatic carbocycles. The van der Waals surface area contributed by atoms with Gasteiger partial charge in [-0.25, -0.2) is 0 Å². The van der Waals surface area contributed by atoms with Crippen LogP contribution in [0, 0.1) is 0 Å². The van der Waals surface area contributed by atoms with E-state index < -0.39 is 8.32 Å². The number of benzene rings is 2. The number of Topliss-reactive ketones (excluding diaryl/α,β-unsaturated/α-hetero) is 1. The van der Waals surface area contributed by atoms with Crippen molar-refractivity contribution in [2.45, 2.75) is 64.7 Å². The third-order valence-corrected chi connectivity index (χ3v) is 11.4. The molecule has 30 heavy (non-hydrogen) atoms. The van der Waals surface area contributed by atoms with E-state index >= 15 is 0 Å². The molecule has 0 spiro atoms. The summed E-state index contributed by atoms with van der Waals surface area (Å²) in [7, 11) is -1.90. The summed E-state index contributed by atoms with van der Waals surface area (Å²) in [6, 6.07) is 14.3. The monoisotopic (exact) mass is 443 g/mol. The number of hydrogen-bond donors (Lipinski definition) is 0. The number of anilines is 1. The van der Waals surface area contributed by atoms with Gasteiger partial charge >= 0.3 is 0 Å². The lowest BCUT2D eigenvalue weighted by molar-refractivity contribution is 0.101. The van der Waals surface area contributed by atoms with E-state index in [9.17, 15) is 4.79 Å². The Morgan fingerprint density at radius 3 is 2.57 bits per heavy atom. The van der Waals surface area contributed by atoms with E-state index in [-0.39, 0.29) is 16.9 Å². The van der Waals surface area contributed by atoms with Crippen LogP contribution >= 0.6 is 11.6 Å². The molecule has 1 aliphatic rings. The van der Waals surface area contributed by atoms with Crippen LogP contribution < -0.4 is 4.90 Å². The highest BCUT2D eigenvalue weighted by atomic mass is 35.5. The number of nitrogens with zero attached hydrogens (tertiary/aromatic N) is 1. The third kappa shape index (κ3) is 4.98. The summed E-state index contributed by atoms with van der Waals surface area (Å²) in [6.07, 6.45) is 2.06. The lowest BCUT2D eigenvalue weighted by Crippen LogP contribution is -2.44. The number of halogens is 1. The van der Waals surface area contributed by atoms with Crippen LogP contribution in [0.2, 0.25) is 23.2 Å². The zero-order chi connectivity index (χ0) is 22.1. The standard InChI is InChI=1S/C25H34ClNO2Si/c1-18(28)19-12-13-23-20(15-19)10-8-14-27(23)24(21-9-7-11-22(26)16-21)17-29-30(5,6)25(2,3)4/h7,9,11-13,15-16,24H,8,10,14,17H2,1-6H3. The highest BCUT2D eigenvalue weighted by molar-refractivity contribution is 6.74. The zero-order valence-corrected chi connectivity index (χ0v) is 20.8. The van der Waals surface area contributed by atoms with Crippen LogP contribution in [0.4, 0.5) is 5.69 Å². The van der Waals surface area contributed by atoms with E-state index in [1.54, 1.807) is 6.92 Å². The van der Waals surface area contributed by atoms with Crippen LogP contribution in [0.25, 0.3) is 0 Å². The summed E-state index contributed by atoms with van der Waals surface area (Å²) in [5.41, 5.74) is 4.40. The Morgan fingerprint density at radius 2 is 1.93 bits per heavy atom. The smallest absolute Gasteiger partial charge is 0.192 e. The average Bonchev–Trinajstić information content (AvgIpc) is 2.67. The second kappa shape index (κ2) is 8.86. The maximum atomic E-state index is 11.9. The van der Waals surface area contributed by atoms with Crippen molar-refractivity contribution in [1.82, 2.24) is 0 Å². The Hall–Kier alpha value is -1.62. The minimum atomic E-state index is -1.90. The molecule has 1 aliphatic heterocycles. The lowest BCUT2D eigenvalue weighted by Gasteiger charge is -2.42. The second-order valence-electron chi connectivity index (χ2n) is 9.84. The summed E-state index contributed by atoms with van der Waals surface area (Å²) in [5, 5.41) is 0.899. The first kappa shape index (κ1) is 23.0. The van der Waals surface area contributed by atoms with Gasteiger partial charge in [0.05, 0.1) is 12.6 Å². The number of carbonyl (C=O) groups is 1. The van der Waals surface area contributed by atoms with Crippen molar-refractivity contribution in [1.29, 1.82) is 0 Å². The fourth-order valence-corrected chi connectivity index (χ4v) is 4.96. The van der Waals surface area contributed by atoms with Crippen molar-refractivity contribution < 1.29 is 9.22 Å². The van der Waals surface area contributed by atoms with Crippen molar-refractivity contribution in [3.63, 3.8) is 0 Å². The van der Waals surface area contributed by atoms with Gasteiger partial charge in [0.2, 0.25) is 0 Å². The number of ketones is 1. The van der Waals surface area contributed by atoms with E-state index in [1.807, 2.05) is 18.2 Å². The van der Waals surface area contributed by atoms with Crippen molar-refractivity contribution in [3.8, 4) is 0 Å². The molecule has 0 fully saturated rings. The molecular weight excluding hydrogens is 410 g/mol. The van der Waals surface area contributed by atoms with Gasteiger partial charge in [-0.2, -0.15) is 0 Å². The third-order valence-electron chi connectivity index (χ3n) is 6.66. The molecule has 5 heteroatoms. The van der Waals surface area contributed by atoms with Gasteiger partial charge in [-0.15, -0.1) is 0 Å². The van der Waals surface area contributed by atoms with Crippen LogP contribution in [0.1, 0.15) is 61.6 Å². The van der Waals surface area contributed by atoms with Crippen molar-refractivity contribution in [2.24, 2.45) is 0 Å². The SMILES string of the molecule is CC(=O)c1ccc2c(c1)CCCN2C(CO[Si](C)(C)C(C)(C)C)c1cccc(Cl)c1. The fraction of sp³-hybridized carbons (Fsp3) is 0.480. The molecule has 0 N–H and O–H groups in total. The van der Waals surface area contributed by atoms with Gasteiger partial charge in [-0.1, -0.05) is 44.5 Å². The van der Waals surface area contributed by atoms with Crippen LogP contribution in [0.3, 0.4) is 0 Å². The normalized spacial score (nSPS) is 15.6. The molecule has 0 amide bonds. The molecular formula is C25H34ClNO2Si. The van der Waals surface area contributed by atoms with Gasteiger partial charge in [-0.05, 0) is 79.4 Å². The number of rotatable bonds is 6. The first-order valence-corrected chi connectivity index (χ1v) is 14.1. The van der Waals surface area contributed by atoms with E-state index in [0.29, 0.717) is 6.61 Å². The topological polar surface area (TPSA) is 29.5 Å². The first-order chi connectivity index (χ1) is 14.0. The van der Waals surface area contributed by atoms with E-state index in [1.165, 1.54) is 16.8 Å². The Bertz CT molecular complexity index is 920. The highest BCUT2D eigenvalue weighted by Gasteiger charge is 2.38. The predicted molar refractivity (Wildman–Crippen MR) is 129 cm³/mol. The zero-order valence-electron chi connectivity index (χ0n) is 19.1. The first-order valence-electron chi connectivity index (χ1n) is 10.8. The fourth-order valence-electron chi connectivity index (χ4n) is 3.75. The van der Waals surface area contributed by atoms with Crippen LogP contribution in [0.5, 0.6) is 0 Å². The van der Waals surface area contributed by atoms with Crippen molar-refractivity contribution in [3.05, 3.63) is 64.2 Å².